The van der Waals surface area contributed by atoms with Gasteiger partial charge < -0.3 is 15.4 Å². The van der Waals surface area contributed by atoms with Crippen LogP contribution >= 0.6 is 15.9 Å². The number of anilines is 1. The Hall–Kier alpha value is -1.21. The molecule has 1 aliphatic heterocycles. The van der Waals surface area contributed by atoms with Crippen LogP contribution in [0, 0.1) is 0 Å². The summed E-state index contributed by atoms with van der Waals surface area (Å²) in [4.78, 5) is 15.9. The third-order valence-electron chi connectivity index (χ3n) is 2.68. The first kappa shape index (κ1) is 13.2. The minimum absolute atomic E-state index is 0.198. The fourth-order valence-electron chi connectivity index (χ4n) is 1.75. The van der Waals surface area contributed by atoms with Gasteiger partial charge in [0.1, 0.15) is 16.6 Å². The highest BCUT2D eigenvalue weighted by Gasteiger charge is 2.29. The van der Waals surface area contributed by atoms with Gasteiger partial charge in [-0.3, -0.25) is 4.79 Å². The Kier molecular flexibility index (Phi) is 4.13. The Morgan fingerprint density at radius 3 is 3.00 bits per heavy atom. The van der Waals surface area contributed by atoms with Crippen LogP contribution in [-0.2, 0) is 4.79 Å². The lowest BCUT2D eigenvalue weighted by Gasteiger charge is -2.11. The molecule has 98 valence electrons. The van der Waals surface area contributed by atoms with Crippen LogP contribution in [0.4, 0.5) is 10.2 Å². The van der Waals surface area contributed by atoms with Crippen LogP contribution in [0.3, 0.4) is 0 Å². The molecule has 1 saturated heterocycles. The number of pyridine rings is 1. The molecule has 1 aromatic heterocycles. The first-order valence-corrected chi connectivity index (χ1v) is 6.28. The van der Waals surface area contributed by atoms with Crippen molar-refractivity contribution >= 4 is 27.7 Å². The highest BCUT2D eigenvalue weighted by atomic mass is 79.9. The second-order valence-electron chi connectivity index (χ2n) is 3.97. The summed E-state index contributed by atoms with van der Waals surface area (Å²) in [6, 6.07) is 2.82. The van der Waals surface area contributed by atoms with Gasteiger partial charge in [-0.15, -0.1) is 0 Å². The Bertz CT molecular complexity index is 458. The highest BCUT2D eigenvalue weighted by Crippen LogP contribution is 2.24. The molecular weight excluding hydrogens is 305 g/mol. The summed E-state index contributed by atoms with van der Waals surface area (Å²) in [5.74, 6) is 0.701. The van der Waals surface area contributed by atoms with E-state index in [1.165, 1.54) is 7.11 Å². The quantitative estimate of drug-likeness (QED) is 0.829. The van der Waals surface area contributed by atoms with Gasteiger partial charge in [0.05, 0.1) is 13.2 Å². The molecule has 2 rings (SSSR count). The van der Waals surface area contributed by atoms with Crippen molar-refractivity contribution in [2.24, 2.45) is 0 Å². The number of ether oxygens (including phenoxy) is 1. The first-order chi connectivity index (χ1) is 8.60. The molecule has 7 heteroatoms. The summed E-state index contributed by atoms with van der Waals surface area (Å²) < 4.78 is 18.5. The van der Waals surface area contributed by atoms with Gasteiger partial charge in [0.25, 0.3) is 0 Å². The van der Waals surface area contributed by atoms with Crippen molar-refractivity contribution < 1.29 is 13.9 Å². The molecule has 2 N–H and O–H groups in total. The lowest BCUT2D eigenvalue weighted by Crippen LogP contribution is -2.35. The normalized spacial score (nSPS) is 22.8. The number of rotatable bonds is 3. The number of carbonyl (C=O) groups is 1. The van der Waals surface area contributed by atoms with Crippen molar-refractivity contribution in [2.45, 2.75) is 18.6 Å². The largest absolute Gasteiger partial charge is 0.494 e. The van der Waals surface area contributed by atoms with Crippen LogP contribution in [0.15, 0.2) is 16.7 Å². The lowest BCUT2D eigenvalue weighted by molar-refractivity contribution is -0.117. The summed E-state index contributed by atoms with van der Waals surface area (Å²) in [6.07, 6.45) is -0.764. The average molecular weight is 318 g/mol. The molecule has 5 nitrogen and oxygen atoms in total. The van der Waals surface area contributed by atoms with Crippen LogP contribution < -0.4 is 15.4 Å². The lowest BCUT2D eigenvalue weighted by atomic mass is 10.2. The van der Waals surface area contributed by atoms with Gasteiger partial charge in [0.15, 0.2) is 5.75 Å². The molecule has 1 aromatic rings. The van der Waals surface area contributed by atoms with E-state index in [1.807, 2.05) is 0 Å². The van der Waals surface area contributed by atoms with Gasteiger partial charge in [-0.1, -0.05) is 0 Å². The molecule has 2 atom stereocenters. The monoisotopic (exact) mass is 317 g/mol. The molecule has 0 bridgehead atoms. The van der Waals surface area contributed by atoms with E-state index in [4.69, 9.17) is 4.74 Å². The SMILES string of the molecule is COc1ccc(NC(=O)[C@@H]2C[C@@H](F)CN2)nc1Br. The first-order valence-electron chi connectivity index (χ1n) is 5.49. The number of nitrogens with zero attached hydrogens (tertiary/aromatic N) is 1. The van der Waals surface area contributed by atoms with Gasteiger partial charge >= 0.3 is 0 Å². The molecular formula is C11H13BrFN3O2. The second-order valence-corrected chi connectivity index (χ2v) is 4.72. The van der Waals surface area contributed by atoms with Crippen LogP contribution in [0.2, 0.25) is 0 Å². The average Bonchev–Trinajstić information content (AvgIpc) is 2.76. The minimum atomic E-state index is -0.962. The van der Waals surface area contributed by atoms with Gasteiger partial charge in [0, 0.05) is 13.0 Å². The number of nitrogens with one attached hydrogen (secondary N) is 2. The number of methoxy groups -OCH3 is 1. The molecule has 0 radical (unpaired) electrons. The fourth-order valence-corrected chi connectivity index (χ4v) is 2.23. The van der Waals surface area contributed by atoms with E-state index >= 15 is 0 Å². The predicted molar refractivity (Wildman–Crippen MR) is 68.4 cm³/mol. The predicted octanol–water partition coefficient (Wildman–Crippen LogP) is 1.49. The number of carbonyl (C=O) groups excluding carboxylic acids is 1. The van der Waals surface area contributed by atoms with Crippen molar-refractivity contribution in [1.29, 1.82) is 0 Å². The summed E-state index contributed by atoms with van der Waals surface area (Å²) in [5, 5.41) is 5.44. The molecule has 0 aromatic carbocycles. The Morgan fingerprint density at radius 1 is 1.67 bits per heavy atom. The number of hydrogen-bond acceptors (Lipinski definition) is 4. The zero-order chi connectivity index (χ0) is 13.1. The Labute approximate surface area is 112 Å². The fraction of sp³-hybridized carbons (Fsp3) is 0.455. The van der Waals surface area contributed by atoms with E-state index in [0.29, 0.717) is 16.2 Å². The van der Waals surface area contributed by atoms with Crippen LogP contribution in [0.25, 0.3) is 0 Å². The van der Waals surface area contributed by atoms with Crippen molar-refractivity contribution in [3.05, 3.63) is 16.7 Å². The maximum Gasteiger partial charge on any atom is 0.242 e. The summed E-state index contributed by atoms with van der Waals surface area (Å²) in [6.45, 7) is 0.220. The number of amides is 1. The molecule has 0 saturated carbocycles. The molecule has 1 amide bonds. The molecule has 0 unspecified atom stereocenters. The maximum absolute atomic E-state index is 13.0. The van der Waals surface area contributed by atoms with Gasteiger partial charge in [-0.25, -0.2) is 9.37 Å². The molecule has 2 heterocycles. The topological polar surface area (TPSA) is 63.2 Å². The molecule has 1 aliphatic rings. The number of alkyl halides is 1. The van der Waals surface area contributed by atoms with Gasteiger partial charge in [-0.2, -0.15) is 0 Å². The third kappa shape index (κ3) is 2.97. The zero-order valence-electron chi connectivity index (χ0n) is 9.74. The highest BCUT2D eigenvalue weighted by molar-refractivity contribution is 9.10. The molecule has 1 fully saturated rings. The smallest absolute Gasteiger partial charge is 0.242 e. The van der Waals surface area contributed by atoms with Crippen LogP contribution in [-0.4, -0.2) is 36.8 Å². The maximum atomic E-state index is 13.0. The molecule has 0 aliphatic carbocycles. The summed E-state index contributed by atoms with van der Waals surface area (Å²) in [5.41, 5.74) is 0. The Morgan fingerprint density at radius 2 is 2.44 bits per heavy atom. The van der Waals surface area contributed by atoms with E-state index < -0.39 is 12.2 Å². The number of hydrogen-bond donors (Lipinski definition) is 2. The van der Waals surface area contributed by atoms with Crippen molar-refractivity contribution in [3.8, 4) is 5.75 Å². The zero-order valence-corrected chi connectivity index (χ0v) is 11.3. The van der Waals surface area contributed by atoms with E-state index in [2.05, 4.69) is 31.5 Å². The molecule has 18 heavy (non-hydrogen) atoms. The van der Waals surface area contributed by atoms with Gasteiger partial charge in [0.2, 0.25) is 5.91 Å². The number of aromatic nitrogens is 1. The minimum Gasteiger partial charge on any atom is -0.494 e. The van der Waals surface area contributed by atoms with Crippen LogP contribution in [0.5, 0.6) is 5.75 Å². The van der Waals surface area contributed by atoms with E-state index in [9.17, 15) is 9.18 Å². The van der Waals surface area contributed by atoms with Crippen molar-refractivity contribution in [3.63, 3.8) is 0 Å². The van der Waals surface area contributed by atoms with Crippen LogP contribution in [0.1, 0.15) is 6.42 Å². The van der Waals surface area contributed by atoms with E-state index in [0.717, 1.165) is 0 Å². The molecule has 0 spiro atoms. The summed E-state index contributed by atoms with van der Waals surface area (Å²) in [7, 11) is 1.53. The summed E-state index contributed by atoms with van der Waals surface area (Å²) >= 11 is 3.23. The van der Waals surface area contributed by atoms with Crippen molar-refractivity contribution in [1.82, 2.24) is 10.3 Å². The Balaban J connectivity index is 2.01. The van der Waals surface area contributed by atoms with E-state index in [1.54, 1.807) is 12.1 Å². The second kappa shape index (κ2) is 5.62. The third-order valence-corrected chi connectivity index (χ3v) is 3.25. The van der Waals surface area contributed by atoms with E-state index in [-0.39, 0.29) is 18.9 Å². The van der Waals surface area contributed by atoms with Crippen molar-refractivity contribution in [2.75, 3.05) is 19.0 Å². The van der Waals surface area contributed by atoms with Gasteiger partial charge in [-0.05, 0) is 28.1 Å². The number of halogens is 2. The standard InChI is InChI=1S/C11H13BrFN3O2/c1-18-8-2-3-9(15-10(8)12)16-11(17)7-4-6(13)5-14-7/h2-3,6-7,14H,4-5H2,1H3,(H,15,16,17)/t6-,7+/m1/s1.